The molecule has 0 aromatic rings. The Morgan fingerprint density at radius 1 is 1.40 bits per heavy atom. The summed E-state index contributed by atoms with van der Waals surface area (Å²) in [7, 11) is 0. The summed E-state index contributed by atoms with van der Waals surface area (Å²) in [4.78, 5) is 0. The lowest BCUT2D eigenvalue weighted by Gasteiger charge is -2.28. The Labute approximate surface area is 94.8 Å². The Hall–Kier alpha value is -0.0800. The largest absolute Gasteiger partial charge is 0.378 e. The molecule has 1 saturated heterocycles. The first-order valence-corrected chi connectivity index (χ1v) is 6.30. The lowest BCUT2D eigenvalue weighted by molar-refractivity contribution is 0.0452. The van der Waals surface area contributed by atoms with E-state index in [1.54, 1.807) is 0 Å². The molecule has 1 aliphatic heterocycles. The molecule has 0 spiro atoms. The van der Waals surface area contributed by atoms with Crippen molar-refractivity contribution in [2.24, 2.45) is 11.8 Å². The first-order valence-electron chi connectivity index (χ1n) is 6.30. The second-order valence-corrected chi connectivity index (χ2v) is 5.90. The van der Waals surface area contributed by atoms with Gasteiger partial charge in [-0.25, -0.2) is 0 Å². The Bertz CT molecular complexity index is 185. The molecule has 90 valence electrons. The van der Waals surface area contributed by atoms with Crippen molar-refractivity contribution in [3.05, 3.63) is 0 Å². The van der Waals surface area contributed by atoms with Gasteiger partial charge in [-0.3, -0.25) is 0 Å². The zero-order valence-corrected chi connectivity index (χ0v) is 11.0. The van der Waals surface area contributed by atoms with E-state index in [1.807, 2.05) is 0 Å². The fourth-order valence-corrected chi connectivity index (χ4v) is 2.17. The maximum atomic E-state index is 5.84. The molecule has 0 radical (unpaired) electrons. The predicted octanol–water partition coefficient (Wildman–Crippen LogP) is 2.83. The Morgan fingerprint density at radius 2 is 2.07 bits per heavy atom. The highest BCUT2D eigenvalue weighted by molar-refractivity contribution is 4.83. The summed E-state index contributed by atoms with van der Waals surface area (Å²) in [5.41, 5.74) is 0.225. The summed E-state index contributed by atoms with van der Waals surface area (Å²) in [6.45, 7) is 13.3. The van der Waals surface area contributed by atoms with E-state index in [9.17, 15) is 0 Å². The van der Waals surface area contributed by atoms with Crippen molar-refractivity contribution < 1.29 is 4.74 Å². The highest BCUT2D eigenvalue weighted by Crippen LogP contribution is 2.28. The van der Waals surface area contributed by atoms with Crippen LogP contribution in [-0.4, -0.2) is 24.8 Å². The van der Waals surface area contributed by atoms with Crippen molar-refractivity contribution in [1.29, 1.82) is 0 Å². The monoisotopic (exact) mass is 213 g/mol. The number of hydrogen-bond donors (Lipinski definition) is 1. The third-order valence-corrected chi connectivity index (χ3v) is 3.36. The predicted molar refractivity (Wildman–Crippen MR) is 65.1 cm³/mol. The van der Waals surface area contributed by atoms with Crippen LogP contribution in [0.1, 0.15) is 47.5 Å². The summed E-state index contributed by atoms with van der Waals surface area (Å²) in [5.74, 6) is 1.40. The molecule has 1 fully saturated rings. The highest BCUT2D eigenvalue weighted by Gasteiger charge is 2.32. The Morgan fingerprint density at radius 3 is 2.60 bits per heavy atom. The van der Waals surface area contributed by atoms with Gasteiger partial charge in [0.05, 0.1) is 6.10 Å². The van der Waals surface area contributed by atoms with Gasteiger partial charge in [0.1, 0.15) is 0 Å². The molecule has 1 rings (SSSR count). The summed E-state index contributed by atoms with van der Waals surface area (Å²) in [6, 6.07) is 0. The standard InChI is InChI=1S/C13H27NO/c1-6-10(2)12-11(7-8-15-12)9-14-13(3,4)5/h10-12,14H,6-9H2,1-5H3. The number of nitrogens with one attached hydrogen (secondary N) is 1. The van der Waals surface area contributed by atoms with E-state index in [1.165, 1.54) is 12.8 Å². The fourth-order valence-electron chi connectivity index (χ4n) is 2.17. The average molecular weight is 213 g/mol. The molecular formula is C13H27NO. The quantitative estimate of drug-likeness (QED) is 0.775. The number of ether oxygens (including phenoxy) is 1. The molecule has 1 N–H and O–H groups in total. The number of hydrogen-bond acceptors (Lipinski definition) is 2. The second kappa shape index (κ2) is 5.31. The molecule has 1 aliphatic rings. The van der Waals surface area contributed by atoms with Crippen molar-refractivity contribution in [2.75, 3.05) is 13.2 Å². The first-order chi connectivity index (χ1) is 6.94. The van der Waals surface area contributed by atoms with Gasteiger partial charge in [-0.05, 0) is 33.1 Å². The van der Waals surface area contributed by atoms with Crippen molar-refractivity contribution in [1.82, 2.24) is 5.32 Å². The van der Waals surface area contributed by atoms with Crippen LogP contribution in [0.5, 0.6) is 0 Å². The molecule has 0 aromatic heterocycles. The molecule has 1 heterocycles. The van der Waals surface area contributed by atoms with Gasteiger partial charge in [-0.1, -0.05) is 20.3 Å². The normalized spacial score (nSPS) is 29.4. The molecular weight excluding hydrogens is 186 g/mol. The maximum absolute atomic E-state index is 5.84. The fraction of sp³-hybridized carbons (Fsp3) is 1.00. The van der Waals surface area contributed by atoms with Crippen LogP contribution >= 0.6 is 0 Å². The summed E-state index contributed by atoms with van der Waals surface area (Å²) in [6.07, 6.45) is 2.92. The van der Waals surface area contributed by atoms with Crippen LogP contribution in [0.15, 0.2) is 0 Å². The smallest absolute Gasteiger partial charge is 0.0641 e. The molecule has 0 bridgehead atoms. The average Bonchev–Trinajstić information content (AvgIpc) is 2.60. The van der Waals surface area contributed by atoms with E-state index < -0.39 is 0 Å². The second-order valence-electron chi connectivity index (χ2n) is 5.90. The topological polar surface area (TPSA) is 21.3 Å². The third kappa shape index (κ3) is 4.12. The molecule has 0 aromatic carbocycles. The van der Waals surface area contributed by atoms with E-state index in [-0.39, 0.29) is 5.54 Å². The minimum atomic E-state index is 0.225. The van der Waals surface area contributed by atoms with Crippen LogP contribution < -0.4 is 5.32 Å². The molecule has 2 nitrogen and oxygen atoms in total. The minimum absolute atomic E-state index is 0.225. The molecule has 0 saturated carbocycles. The van der Waals surface area contributed by atoms with Crippen LogP contribution in [-0.2, 0) is 4.74 Å². The zero-order chi connectivity index (χ0) is 11.5. The molecule has 3 atom stereocenters. The van der Waals surface area contributed by atoms with Gasteiger partial charge in [0.25, 0.3) is 0 Å². The van der Waals surface area contributed by atoms with E-state index in [0.717, 1.165) is 13.2 Å². The van der Waals surface area contributed by atoms with Crippen LogP contribution in [0.3, 0.4) is 0 Å². The SMILES string of the molecule is CCC(C)C1OCCC1CNC(C)(C)C. The molecule has 2 heteroatoms. The zero-order valence-electron chi connectivity index (χ0n) is 11.0. The van der Waals surface area contributed by atoms with Crippen molar-refractivity contribution in [3.8, 4) is 0 Å². The Kier molecular flexibility index (Phi) is 4.60. The van der Waals surface area contributed by atoms with Crippen molar-refractivity contribution >= 4 is 0 Å². The van der Waals surface area contributed by atoms with Crippen LogP contribution in [0.2, 0.25) is 0 Å². The van der Waals surface area contributed by atoms with Gasteiger partial charge in [-0.15, -0.1) is 0 Å². The molecule has 15 heavy (non-hydrogen) atoms. The maximum Gasteiger partial charge on any atom is 0.0641 e. The first kappa shape index (κ1) is 13.0. The summed E-state index contributed by atoms with van der Waals surface area (Å²) < 4.78 is 5.84. The van der Waals surface area contributed by atoms with E-state index in [2.05, 4.69) is 39.9 Å². The molecule has 3 unspecified atom stereocenters. The van der Waals surface area contributed by atoms with Crippen LogP contribution in [0, 0.1) is 11.8 Å². The van der Waals surface area contributed by atoms with Crippen LogP contribution in [0.25, 0.3) is 0 Å². The lowest BCUT2D eigenvalue weighted by Crippen LogP contribution is -2.41. The molecule has 0 amide bonds. The lowest BCUT2D eigenvalue weighted by atomic mass is 9.89. The van der Waals surface area contributed by atoms with E-state index in [0.29, 0.717) is 17.9 Å². The summed E-state index contributed by atoms with van der Waals surface area (Å²) in [5, 5.41) is 3.59. The Balaban J connectivity index is 2.40. The van der Waals surface area contributed by atoms with Crippen molar-refractivity contribution in [3.63, 3.8) is 0 Å². The summed E-state index contributed by atoms with van der Waals surface area (Å²) >= 11 is 0. The minimum Gasteiger partial charge on any atom is -0.378 e. The number of rotatable bonds is 4. The highest BCUT2D eigenvalue weighted by atomic mass is 16.5. The van der Waals surface area contributed by atoms with Crippen molar-refractivity contribution in [2.45, 2.75) is 59.1 Å². The van der Waals surface area contributed by atoms with Gasteiger partial charge in [0.2, 0.25) is 0 Å². The van der Waals surface area contributed by atoms with Gasteiger partial charge >= 0.3 is 0 Å². The van der Waals surface area contributed by atoms with E-state index >= 15 is 0 Å². The van der Waals surface area contributed by atoms with Gasteiger partial charge < -0.3 is 10.1 Å². The van der Waals surface area contributed by atoms with Gasteiger partial charge in [0.15, 0.2) is 0 Å². The van der Waals surface area contributed by atoms with Gasteiger partial charge in [0, 0.05) is 24.6 Å². The van der Waals surface area contributed by atoms with Crippen LogP contribution in [0.4, 0.5) is 0 Å². The van der Waals surface area contributed by atoms with E-state index in [4.69, 9.17) is 4.74 Å². The van der Waals surface area contributed by atoms with Gasteiger partial charge in [-0.2, -0.15) is 0 Å². The molecule has 0 aliphatic carbocycles. The third-order valence-electron chi connectivity index (χ3n) is 3.36.